The number of aliphatic hydroxyl groups is 1. The normalized spacial score (nSPS) is 47.3. The number of carbonyl (C=O) groups is 1. The van der Waals surface area contributed by atoms with E-state index in [1.54, 1.807) is 5.57 Å². The molecule has 9 atom stereocenters. The smallest absolute Gasteiger partial charge is 0.306 e. The highest BCUT2D eigenvalue weighted by Gasteiger charge is 2.59. The van der Waals surface area contributed by atoms with E-state index in [0.29, 0.717) is 22.7 Å². The molecule has 0 aliphatic heterocycles. The summed E-state index contributed by atoms with van der Waals surface area (Å²) in [4.78, 5) is 11.4. The molecule has 4 rings (SSSR count). The first-order valence-corrected chi connectivity index (χ1v) is 11.8. The van der Waals surface area contributed by atoms with Crippen molar-refractivity contribution in [2.45, 2.75) is 91.6 Å². The number of carboxylic acid groups (broad SMARTS) is 1. The third-order valence-corrected chi connectivity index (χ3v) is 9.99. The lowest BCUT2D eigenvalue weighted by atomic mass is 9.47. The number of aliphatic hydroxyl groups excluding tert-OH is 1. The molecule has 158 valence electrons. The van der Waals surface area contributed by atoms with Crippen molar-refractivity contribution < 1.29 is 15.0 Å². The number of hydrogen-bond acceptors (Lipinski definition) is 2. The van der Waals surface area contributed by atoms with Gasteiger partial charge in [0.15, 0.2) is 0 Å². The SMILES string of the molecule is C[C@H](C[C@H](C)C(=O)O)[C@H]1CC[C@H]2[C@@H]3CC=C4C[C@@H](O)CC[C@]4(C)[C@H]3CC[C@]12C. The number of allylic oxidation sites excluding steroid dienone is 1. The van der Waals surface area contributed by atoms with Gasteiger partial charge in [-0.2, -0.15) is 0 Å². The summed E-state index contributed by atoms with van der Waals surface area (Å²) in [6.45, 7) is 9.22. The fraction of sp³-hybridized carbons (Fsp3) is 0.880. The van der Waals surface area contributed by atoms with Crippen LogP contribution in [0, 0.1) is 46.3 Å². The van der Waals surface area contributed by atoms with Crippen LogP contribution in [-0.2, 0) is 4.79 Å². The Balaban J connectivity index is 1.54. The molecule has 4 aliphatic carbocycles. The lowest BCUT2D eigenvalue weighted by Crippen LogP contribution is -2.50. The van der Waals surface area contributed by atoms with Crippen LogP contribution in [0.3, 0.4) is 0 Å². The molecule has 0 unspecified atom stereocenters. The van der Waals surface area contributed by atoms with Crippen molar-refractivity contribution in [1.82, 2.24) is 0 Å². The molecule has 0 aromatic carbocycles. The van der Waals surface area contributed by atoms with Gasteiger partial charge in [0, 0.05) is 0 Å². The number of rotatable bonds is 4. The van der Waals surface area contributed by atoms with Crippen LogP contribution >= 0.6 is 0 Å². The summed E-state index contributed by atoms with van der Waals surface area (Å²) in [5.41, 5.74) is 2.24. The van der Waals surface area contributed by atoms with E-state index in [0.717, 1.165) is 43.4 Å². The van der Waals surface area contributed by atoms with Crippen molar-refractivity contribution in [2.24, 2.45) is 46.3 Å². The van der Waals surface area contributed by atoms with Gasteiger partial charge in [0.25, 0.3) is 0 Å². The van der Waals surface area contributed by atoms with E-state index < -0.39 is 5.97 Å². The van der Waals surface area contributed by atoms with Crippen LogP contribution in [0.15, 0.2) is 11.6 Å². The zero-order valence-electron chi connectivity index (χ0n) is 18.3. The summed E-state index contributed by atoms with van der Waals surface area (Å²) in [6, 6.07) is 0. The van der Waals surface area contributed by atoms with Crippen molar-refractivity contribution in [2.75, 3.05) is 0 Å². The Morgan fingerprint density at radius 1 is 1.14 bits per heavy atom. The summed E-state index contributed by atoms with van der Waals surface area (Å²) in [7, 11) is 0. The third kappa shape index (κ3) is 3.07. The van der Waals surface area contributed by atoms with Gasteiger partial charge < -0.3 is 10.2 Å². The largest absolute Gasteiger partial charge is 0.481 e. The minimum absolute atomic E-state index is 0.127. The van der Waals surface area contributed by atoms with Crippen molar-refractivity contribution >= 4 is 5.97 Å². The second-order valence-corrected chi connectivity index (χ2v) is 11.3. The first-order valence-electron chi connectivity index (χ1n) is 11.8. The van der Waals surface area contributed by atoms with E-state index in [1.165, 1.54) is 32.1 Å². The van der Waals surface area contributed by atoms with Gasteiger partial charge >= 0.3 is 5.97 Å². The lowest BCUT2D eigenvalue weighted by Gasteiger charge is -2.58. The van der Waals surface area contributed by atoms with Gasteiger partial charge in [-0.25, -0.2) is 0 Å². The van der Waals surface area contributed by atoms with Gasteiger partial charge in [0.05, 0.1) is 12.0 Å². The molecule has 0 spiro atoms. The highest BCUT2D eigenvalue weighted by atomic mass is 16.4. The molecule has 4 aliphatic rings. The average molecular weight is 389 g/mol. The maximum absolute atomic E-state index is 11.4. The molecule has 2 N–H and O–H groups in total. The topological polar surface area (TPSA) is 57.5 Å². The molecule has 0 amide bonds. The molecule has 3 heteroatoms. The van der Waals surface area contributed by atoms with Gasteiger partial charge in [0.1, 0.15) is 0 Å². The summed E-state index contributed by atoms with van der Waals surface area (Å²) in [6.07, 6.45) is 12.7. The monoisotopic (exact) mass is 388 g/mol. The zero-order valence-corrected chi connectivity index (χ0v) is 18.3. The minimum Gasteiger partial charge on any atom is -0.481 e. The molecule has 3 nitrogen and oxygen atoms in total. The predicted octanol–water partition coefficient (Wildman–Crippen LogP) is 5.67. The second-order valence-electron chi connectivity index (χ2n) is 11.3. The van der Waals surface area contributed by atoms with Gasteiger partial charge in [-0.05, 0) is 98.2 Å². The molecule has 0 radical (unpaired) electrons. The molecule has 3 saturated carbocycles. The summed E-state index contributed by atoms with van der Waals surface area (Å²) in [5.74, 6) is 2.65. The van der Waals surface area contributed by atoms with Crippen LogP contribution in [0.4, 0.5) is 0 Å². The Kier molecular flexibility index (Phi) is 5.22. The zero-order chi connectivity index (χ0) is 20.3. The van der Waals surface area contributed by atoms with Crippen molar-refractivity contribution in [1.29, 1.82) is 0 Å². The van der Waals surface area contributed by atoms with Gasteiger partial charge in [-0.1, -0.05) is 39.3 Å². The van der Waals surface area contributed by atoms with E-state index in [-0.39, 0.29) is 12.0 Å². The van der Waals surface area contributed by atoms with E-state index >= 15 is 0 Å². The van der Waals surface area contributed by atoms with Crippen LogP contribution in [-0.4, -0.2) is 22.3 Å². The van der Waals surface area contributed by atoms with E-state index in [9.17, 15) is 15.0 Å². The number of fused-ring (bicyclic) bond motifs is 5. The number of aliphatic carboxylic acids is 1. The Morgan fingerprint density at radius 2 is 1.89 bits per heavy atom. The summed E-state index contributed by atoms with van der Waals surface area (Å²) >= 11 is 0. The first kappa shape index (κ1) is 20.4. The van der Waals surface area contributed by atoms with Crippen molar-refractivity contribution in [3.8, 4) is 0 Å². The Morgan fingerprint density at radius 3 is 2.61 bits per heavy atom. The molecule has 3 fully saturated rings. The van der Waals surface area contributed by atoms with E-state index in [1.807, 2.05) is 6.92 Å². The van der Waals surface area contributed by atoms with Crippen molar-refractivity contribution in [3.05, 3.63) is 11.6 Å². The van der Waals surface area contributed by atoms with Crippen LogP contribution in [0.25, 0.3) is 0 Å². The summed E-state index contributed by atoms with van der Waals surface area (Å²) < 4.78 is 0. The van der Waals surface area contributed by atoms with Crippen LogP contribution < -0.4 is 0 Å². The van der Waals surface area contributed by atoms with Crippen molar-refractivity contribution in [3.63, 3.8) is 0 Å². The molecule has 0 bridgehead atoms. The number of carboxylic acids is 1. The standard InChI is InChI=1S/C25H40O3/c1-15(13-16(2)23(27)28)20-7-8-21-19-6-5-17-14-18(26)9-11-24(17,3)22(19)10-12-25(20,21)4/h5,15-16,18-22,26H,6-14H2,1-4H3,(H,27,28)/t15-,16+,18+,19+,20-,21+,22+,24+,25-/m1/s1. The highest BCUT2D eigenvalue weighted by molar-refractivity contribution is 5.69. The minimum atomic E-state index is -0.646. The van der Waals surface area contributed by atoms with E-state index in [4.69, 9.17) is 0 Å². The van der Waals surface area contributed by atoms with E-state index in [2.05, 4.69) is 26.8 Å². The third-order valence-electron chi connectivity index (χ3n) is 9.99. The summed E-state index contributed by atoms with van der Waals surface area (Å²) in [5, 5.41) is 19.5. The lowest BCUT2D eigenvalue weighted by molar-refractivity contribution is -0.142. The average Bonchev–Trinajstić information content (AvgIpc) is 2.99. The Labute approximate surface area is 171 Å². The molecule has 0 aromatic heterocycles. The molecule has 0 aromatic rings. The fourth-order valence-corrected chi connectivity index (χ4v) is 8.44. The molecule has 0 saturated heterocycles. The Hall–Kier alpha value is -0.830. The Bertz CT molecular complexity index is 654. The first-order chi connectivity index (χ1) is 13.2. The van der Waals surface area contributed by atoms with Crippen LogP contribution in [0.2, 0.25) is 0 Å². The van der Waals surface area contributed by atoms with Gasteiger partial charge in [0.2, 0.25) is 0 Å². The molecular weight excluding hydrogens is 348 g/mol. The predicted molar refractivity (Wildman–Crippen MR) is 112 cm³/mol. The van der Waals surface area contributed by atoms with Gasteiger partial charge in [-0.15, -0.1) is 0 Å². The highest BCUT2D eigenvalue weighted by Crippen LogP contribution is 2.67. The second kappa shape index (κ2) is 7.15. The quantitative estimate of drug-likeness (QED) is 0.610. The van der Waals surface area contributed by atoms with Crippen LogP contribution in [0.1, 0.15) is 85.5 Å². The molecular formula is C25H40O3. The number of hydrogen-bond donors (Lipinski definition) is 2. The molecule has 0 heterocycles. The van der Waals surface area contributed by atoms with Crippen LogP contribution in [0.5, 0.6) is 0 Å². The fourth-order valence-electron chi connectivity index (χ4n) is 8.44. The maximum Gasteiger partial charge on any atom is 0.306 e. The maximum atomic E-state index is 11.4. The molecule has 28 heavy (non-hydrogen) atoms. The van der Waals surface area contributed by atoms with Gasteiger partial charge in [-0.3, -0.25) is 4.79 Å².